The average molecular weight is 446 g/mol. The summed E-state index contributed by atoms with van der Waals surface area (Å²) in [6.45, 7) is 1.12. The molecule has 166 valence electrons. The molecule has 3 N–H and O–H groups in total. The number of hydrogen-bond acceptors (Lipinski definition) is 5. The molecule has 0 saturated heterocycles. The van der Waals surface area contributed by atoms with Gasteiger partial charge in [0, 0.05) is 29.8 Å². The molecular formula is C24H19FN4O4. The number of nitrogens with one attached hydrogen (secondary N) is 3. The van der Waals surface area contributed by atoms with E-state index in [1.807, 2.05) is 6.07 Å². The van der Waals surface area contributed by atoms with Gasteiger partial charge in [0.25, 0.3) is 5.91 Å². The Hall–Kier alpha value is -4.53. The van der Waals surface area contributed by atoms with Crippen LogP contribution in [0.2, 0.25) is 0 Å². The van der Waals surface area contributed by atoms with Crippen LogP contribution in [0.25, 0.3) is 22.2 Å². The highest BCUT2D eigenvalue weighted by Crippen LogP contribution is 2.31. The van der Waals surface area contributed by atoms with Crippen molar-refractivity contribution >= 4 is 40.2 Å². The van der Waals surface area contributed by atoms with Gasteiger partial charge < -0.3 is 15.0 Å². The zero-order chi connectivity index (χ0) is 23.4. The Morgan fingerprint density at radius 1 is 1.03 bits per heavy atom. The third-order valence-electron chi connectivity index (χ3n) is 4.79. The number of Topliss-reactive ketones (excluding diaryl/α,β-unsaturated/α-hetero) is 1. The van der Waals surface area contributed by atoms with E-state index in [-0.39, 0.29) is 6.61 Å². The van der Waals surface area contributed by atoms with E-state index in [1.54, 1.807) is 36.5 Å². The maximum Gasteiger partial charge on any atom is 0.412 e. The van der Waals surface area contributed by atoms with Gasteiger partial charge in [-0.1, -0.05) is 24.3 Å². The lowest BCUT2D eigenvalue weighted by Gasteiger charge is -2.08. The number of ketones is 1. The lowest BCUT2D eigenvalue weighted by Crippen LogP contribution is -2.19. The number of aromatic amines is 1. The summed E-state index contributed by atoms with van der Waals surface area (Å²) in [4.78, 5) is 42.5. The molecule has 0 radical (unpaired) electrons. The van der Waals surface area contributed by atoms with Gasteiger partial charge in [0.05, 0.1) is 11.9 Å². The second-order valence-electron chi connectivity index (χ2n) is 7.24. The van der Waals surface area contributed by atoms with E-state index < -0.39 is 23.6 Å². The van der Waals surface area contributed by atoms with Crippen LogP contribution in [0.1, 0.15) is 12.5 Å². The van der Waals surface area contributed by atoms with Crippen molar-refractivity contribution in [2.75, 3.05) is 10.6 Å². The Balaban J connectivity index is 1.51. The summed E-state index contributed by atoms with van der Waals surface area (Å²) >= 11 is 0. The molecule has 4 aromatic rings. The minimum Gasteiger partial charge on any atom is -0.444 e. The number of carbonyl (C=O) groups excluding carboxylic acids is 3. The number of fused-ring (bicyclic) bond motifs is 1. The Morgan fingerprint density at radius 3 is 2.64 bits per heavy atom. The summed E-state index contributed by atoms with van der Waals surface area (Å²) < 4.78 is 18.4. The third kappa shape index (κ3) is 5.21. The third-order valence-corrected chi connectivity index (χ3v) is 4.79. The van der Waals surface area contributed by atoms with Gasteiger partial charge in [-0.3, -0.25) is 14.9 Å². The van der Waals surface area contributed by atoms with Crippen LogP contribution < -0.4 is 10.6 Å². The molecule has 2 aromatic heterocycles. The predicted octanol–water partition coefficient (Wildman–Crippen LogP) is 4.65. The zero-order valence-corrected chi connectivity index (χ0v) is 17.5. The Labute approximate surface area is 187 Å². The van der Waals surface area contributed by atoms with E-state index in [9.17, 15) is 18.8 Å². The fourth-order valence-electron chi connectivity index (χ4n) is 3.22. The number of nitrogens with zero attached hydrogens (tertiary/aromatic N) is 1. The van der Waals surface area contributed by atoms with Gasteiger partial charge in [-0.25, -0.2) is 14.2 Å². The number of aromatic nitrogens is 2. The molecule has 0 aliphatic carbocycles. The largest absolute Gasteiger partial charge is 0.444 e. The molecule has 2 amide bonds. The SMILES string of the molecule is CC(=O)C(=O)Nc1cccc(-c2c[nH]c3ncc(NC(=O)OCc4cccc(F)c4)cc23)c1. The molecule has 9 heteroatoms. The van der Waals surface area contributed by atoms with E-state index in [0.717, 1.165) is 16.5 Å². The van der Waals surface area contributed by atoms with Crippen LogP contribution >= 0.6 is 0 Å². The van der Waals surface area contributed by atoms with Gasteiger partial charge in [-0.15, -0.1) is 0 Å². The van der Waals surface area contributed by atoms with Crippen LogP contribution in [-0.4, -0.2) is 27.8 Å². The van der Waals surface area contributed by atoms with Gasteiger partial charge in [-0.05, 0) is 41.5 Å². The molecule has 0 aliphatic rings. The standard InChI is InChI=1S/C24H19FN4O4/c1-14(30)23(31)28-18-7-3-5-16(9-18)21-12-27-22-20(21)10-19(11-26-22)29-24(32)33-13-15-4-2-6-17(25)8-15/h2-12H,13H2,1H3,(H,26,27)(H,28,31)(H,29,32). The smallest absolute Gasteiger partial charge is 0.412 e. The van der Waals surface area contributed by atoms with Crippen molar-refractivity contribution in [3.63, 3.8) is 0 Å². The lowest BCUT2D eigenvalue weighted by atomic mass is 10.0. The number of halogens is 1. The van der Waals surface area contributed by atoms with Crippen molar-refractivity contribution in [2.45, 2.75) is 13.5 Å². The topological polar surface area (TPSA) is 113 Å². The van der Waals surface area contributed by atoms with E-state index in [4.69, 9.17) is 4.74 Å². The summed E-state index contributed by atoms with van der Waals surface area (Å²) in [5.41, 5.74) is 3.58. The minimum absolute atomic E-state index is 0.0759. The van der Waals surface area contributed by atoms with Gasteiger partial charge in [0.15, 0.2) is 0 Å². The van der Waals surface area contributed by atoms with E-state index in [0.29, 0.717) is 22.6 Å². The van der Waals surface area contributed by atoms with Crippen LogP contribution in [0.4, 0.5) is 20.6 Å². The van der Waals surface area contributed by atoms with Gasteiger partial charge >= 0.3 is 6.09 Å². The highest BCUT2D eigenvalue weighted by molar-refractivity contribution is 6.39. The first-order valence-electron chi connectivity index (χ1n) is 9.97. The molecule has 33 heavy (non-hydrogen) atoms. The number of H-pyrrole nitrogens is 1. The van der Waals surface area contributed by atoms with Crippen LogP contribution in [-0.2, 0) is 20.9 Å². The van der Waals surface area contributed by atoms with Crippen LogP contribution in [0.3, 0.4) is 0 Å². The molecular weight excluding hydrogens is 427 g/mol. The first-order chi connectivity index (χ1) is 15.9. The number of carbonyl (C=O) groups is 3. The van der Waals surface area contributed by atoms with Crippen molar-refractivity contribution in [2.24, 2.45) is 0 Å². The molecule has 2 heterocycles. The predicted molar refractivity (Wildman–Crippen MR) is 121 cm³/mol. The van der Waals surface area contributed by atoms with Gasteiger partial charge in [0.2, 0.25) is 5.78 Å². The number of rotatable bonds is 6. The number of hydrogen-bond donors (Lipinski definition) is 3. The second-order valence-corrected chi connectivity index (χ2v) is 7.24. The summed E-state index contributed by atoms with van der Waals surface area (Å²) in [5.74, 6) is -1.69. The first kappa shape index (κ1) is 21.7. The monoisotopic (exact) mass is 446 g/mol. The van der Waals surface area contributed by atoms with Gasteiger partial charge in [-0.2, -0.15) is 0 Å². The molecule has 8 nitrogen and oxygen atoms in total. The number of anilines is 2. The van der Waals surface area contributed by atoms with Crippen LogP contribution in [0.15, 0.2) is 67.0 Å². The highest BCUT2D eigenvalue weighted by Gasteiger charge is 2.12. The zero-order valence-electron chi connectivity index (χ0n) is 17.5. The van der Waals surface area contributed by atoms with Gasteiger partial charge in [0.1, 0.15) is 18.1 Å². The van der Waals surface area contributed by atoms with Crippen molar-refractivity contribution in [3.8, 4) is 11.1 Å². The number of pyridine rings is 1. The summed E-state index contributed by atoms with van der Waals surface area (Å²) in [5, 5.41) is 5.89. The maximum atomic E-state index is 13.3. The van der Waals surface area contributed by atoms with Crippen molar-refractivity contribution < 1.29 is 23.5 Å². The molecule has 0 aliphatic heterocycles. The molecule has 0 unspecified atom stereocenters. The molecule has 4 rings (SSSR count). The lowest BCUT2D eigenvalue weighted by molar-refractivity contribution is -0.133. The maximum absolute atomic E-state index is 13.3. The fourth-order valence-corrected chi connectivity index (χ4v) is 3.22. The molecule has 2 aromatic carbocycles. The summed E-state index contributed by atoms with van der Waals surface area (Å²) in [6.07, 6.45) is 2.54. The van der Waals surface area contributed by atoms with Crippen molar-refractivity contribution in [1.29, 1.82) is 0 Å². The normalized spacial score (nSPS) is 10.6. The first-order valence-corrected chi connectivity index (χ1v) is 9.97. The molecule has 0 atom stereocenters. The molecule has 0 spiro atoms. The fraction of sp³-hybridized carbons (Fsp3) is 0.0833. The molecule has 0 fully saturated rings. The number of amides is 2. The molecule has 0 bridgehead atoms. The summed E-state index contributed by atoms with van der Waals surface area (Å²) in [6, 6.07) is 14.5. The number of benzene rings is 2. The van der Waals surface area contributed by atoms with E-state index in [1.165, 1.54) is 31.3 Å². The average Bonchev–Trinajstić information content (AvgIpc) is 3.21. The Kier molecular flexibility index (Phi) is 6.12. The van der Waals surface area contributed by atoms with Crippen LogP contribution in [0.5, 0.6) is 0 Å². The Bertz CT molecular complexity index is 1370. The van der Waals surface area contributed by atoms with Crippen molar-refractivity contribution in [1.82, 2.24) is 9.97 Å². The molecule has 0 saturated carbocycles. The van der Waals surface area contributed by atoms with E-state index >= 15 is 0 Å². The van der Waals surface area contributed by atoms with Crippen molar-refractivity contribution in [3.05, 3.63) is 78.4 Å². The summed E-state index contributed by atoms with van der Waals surface area (Å²) in [7, 11) is 0. The Morgan fingerprint density at radius 2 is 1.85 bits per heavy atom. The number of ether oxygens (including phenoxy) is 1. The minimum atomic E-state index is -0.702. The highest BCUT2D eigenvalue weighted by atomic mass is 19.1. The quantitative estimate of drug-likeness (QED) is 0.373. The van der Waals surface area contributed by atoms with Crippen LogP contribution in [0, 0.1) is 5.82 Å². The van der Waals surface area contributed by atoms with E-state index in [2.05, 4.69) is 20.6 Å². The second kappa shape index (κ2) is 9.31.